The number of nitrogens with zero attached hydrogens (tertiary/aromatic N) is 3. The number of phenolic OH excluding ortho intramolecular Hbond substituents is 1. The number of aromatic hydroxyl groups is 1. The molecule has 0 atom stereocenters. The summed E-state index contributed by atoms with van der Waals surface area (Å²) in [5, 5.41) is 19.7. The fourth-order valence-corrected chi connectivity index (χ4v) is 1.88. The maximum Gasteiger partial charge on any atom is 0.296 e. The number of aromatic amines is 1. The molecule has 0 unspecified atom stereocenters. The minimum absolute atomic E-state index is 0.115. The van der Waals surface area contributed by atoms with E-state index in [1.165, 1.54) is 12.3 Å². The van der Waals surface area contributed by atoms with Crippen molar-refractivity contribution in [1.82, 2.24) is 14.9 Å². The van der Waals surface area contributed by atoms with E-state index in [9.17, 15) is 9.90 Å². The van der Waals surface area contributed by atoms with Crippen molar-refractivity contribution in [2.45, 2.75) is 6.92 Å². The van der Waals surface area contributed by atoms with Crippen LogP contribution >= 0.6 is 28.1 Å². The summed E-state index contributed by atoms with van der Waals surface area (Å²) in [6, 6.07) is 4.85. The van der Waals surface area contributed by atoms with Gasteiger partial charge in [-0.25, -0.2) is 0 Å². The molecule has 2 N–H and O–H groups in total. The number of halogens is 1. The van der Waals surface area contributed by atoms with Crippen LogP contribution in [0.2, 0.25) is 0 Å². The molecule has 6 nitrogen and oxygen atoms in total. The highest BCUT2D eigenvalue weighted by Crippen LogP contribution is 2.23. The van der Waals surface area contributed by atoms with Crippen molar-refractivity contribution in [3.05, 3.63) is 49.1 Å². The molecule has 0 saturated heterocycles. The van der Waals surface area contributed by atoms with E-state index >= 15 is 0 Å². The number of nitrogens with one attached hydrogen (secondary N) is 1. The maximum absolute atomic E-state index is 11.8. The van der Waals surface area contributed by atoms with Crippen LogP contribution in [0.3, 0.4) is 0 Å². The summed E-state index contributed by atoms with van der Waals surface area (Å²) in [6.45, 7) is 1.57. The Bertz CT molecular complexity index is 766. The highest BCUT2D eigenvalue weighted by atomic mass is 79.9. The predicted octanol–water partition coefficient (Wildman–Crippen LogP) is 1.96. The standard InChI is InChI=1S/C11H9BrN4O2S/c1-6-10(18)16(11(19)15-14-6)13-5-7-2-3-9(17)8(12)4-7/h2-5,17H,1H3,(H,15,19)/b13-5-. The molecule has 0 fully saturated rings. The van der Waals surface area contributed by atoms with Gasteiger partial charge in [0.25, 0.3) is 5.56 Å². The highest BCUT2D eigenvalue weighted by molar-refractivity contribution is 9.10. The third-order valence-electron chi connectivity index (χ3n) is 2.31. The highest BCUT2D eigenvalue weighted by Gasteiger charge is 2.01. The Morgan fingerprint density at radius 3 is 3.00 bits per heavy atom. The zero-order chi connectivity index (χ0) is 14.0. The van der Waals surface area contributed by atoms with Crippen molar-refractivity contribution >= 4 is 34.4 Å². The van der Waals surface area contributed by atoms with Crippen LogP contribution in [-0.2, 0) is 0 Å². The summed E-state index contributed by atoms with van der Waals surface area (Å²) in [5.74, 6) is 0.131. The van der Waals surface area contributed by atoms with E-state index in [1.54, 1.807) is 19.1 Å². The zero-order valence-electron chi connectivity index (χ0n) is 9.79. The van der Waals surface area contributed by atoms with Crippen LogP contribution in [0.5, 0.6) is 5.75 Å². The average molecular weight is 341 g/mol. The molecule has 8 heteroatoms. The second kappa shape index (κ2) is 5.45. The Hall–Kier alpha value is -1.80. The van der Waals surface area contributed by atoms with Gasteiger partial charge in [-0.1, -0.05) is 0 Å². The van der Waals surface area contributed by atoms with E-state index in [0.717, 1.165) is 4.68 Å². The zero-order valence-corrected chi connectivity index (χ0v) is 12.2. The molecule has 98 valence electrons. The van der Waals surface area contributed by atoms with E-state index in [1.807, 2.05) is 0 Å². The Morgan fingerprint density at radius 1 is 1.58 bits per heavy atom. The molecular formula is C11H9BrN4O2S. The monoisotopic (exact) mass is 340 g/mol. The molecule has 1 aromatic heterocycles. The van der Waals surface area contributed by atoms with E-state index < -0.39 is 0 Å². The quantitative estimate of drug-likeness (QED) is 0.646. The van der Waals surface area contributed by atoms with Gasteiger partial charge in [0.2, 0.25) is 4.77 Å². The first-order valence-corrected chi connectivity index (χ1v) is 6.40. The first-order valence-electron chi connectivity index (χ1n) is 5.20. The molecule has 0 radical (unpaired) electrons. The van der Waals surface area contributed by atoms with Gasteiger partial charge in [-0.05, 0) is 58.8 Å². The first kappa shape index (κ1) is 13.6. The van der Waals surface area contributed by atoms with E-state index in [0.29, 0.717) is 10.0 Å². The van der Waals surface area contributed by atoms with Gasteiger partial charge in [0.1, 0.15) is 11.4 Å². The summed E-state index contributed by atoms with van der Waals surface area (Å²) in [7, 11) is 0. The summed E-state index contributed by atoms with van der Waals surface area (Å²) in [6.07, 6.45) is 1.47. The molecular weight excluding hydrogens is 332 g/mol. The lowest BCUT2D eigenvalue weighted by Crippen LogP contribution is -2.22. The van der Waals surface area contributed by atoms with Crippen LogP contribution in [0, 0.1) is 11.7 Å². The second-order valence-electron chi connectivity index (χ2n) is 3.69. The van der Waals surface area contributed by atoms with Crippen LogP contribution in [0.4, 0.5) is 0 Å². The summed E-state index contributed by atoms with van der Waals surface area (Å²) in [4.78, 5) is 11.8. The Morgan fingerprint density at radius 2 is 2.32 bits per heavy atom. The molecule has 1 aromatic carbocycles. The second-order valence-corrected chi connectivity index (χ2v) is 4.93. The molecule has 0 aliphatic heterocycles. The number of rotatable bonds is 2. The topological polar surface area (TPSA) is 83.3 Å². The first-order chi connectivity index (χ1) is 8.99. The van der Waals surface area contributed by atoms with E-state index in [-0.39, 0.29) is 21.8 Å². The van der Waals surface area contributed by atoms with Gasteiger partial charge in [0, 0.05) is 0 Å². The van der Waals surface area contributed by atoms with Crippen LogP contribution in [0.15, 0.2) is 32.6 Å². The van der Waals surface area contributed by atoms with Crippen molar-refractivity contribution in [3.8, 4) is 5.75 Å². The number of aromatic nitrogens is 3. The number of hydrogen-bond donors (Lipinski definition) is 2. The van der Waals surface area contributed by atoms with Gasteiger partial charge in [-0.2, -0.15) is 14.9 Å². The Balaban J connectivity index is 2.43. The molecule has 2 rings (SSSR count). The lowest BCUT2D eigenvalue weighted by Gasteiger charge is -2.00. The van der Waals surface area contributed by atoms with Crippen molar-refractivity contribution in [2.75, 3.05) is 0 Å². The Labute approximate surface area is 121 Å². The minimum Gasteiger partial charge on any atom is -0.507 e. The summed E-state index contributed by atoms with van der Waals surface area (Å²) < 4.78 is 1.71. The van der Waals surface area contributed by atoms with Crippen molar-refractivity contribution < 1.29 is 5.11 Å². The van der Waals surface area contributed by atoms with E-state index in [2.05, 4.69) is 31.2 Å². The summed E-state index contributed by atoms with van der Waals surface area (Å²) >= 11 is 8.14. The van der Waals surface area contributed by atoms with Gasteiger partial charge < -0.3 is 5.11 Å². The Kier molecular flexibility index (Phi) is 3.91. The van der Waals surface area contributed by atoms with Crippen LogP contribution in [0.1, 0.15) is 11.3 Å². The number of aryl methyl sites for hydroxylation is 1. The van der Waals surface area contributed by atoms with Gasteiger partial charge in [0.15, 0.2) is 0 Å². The fourth-order valence-electron chi connectivity index (χ4n) is 1.31. The van der Waals surface area contributed by atoms with E-state index in [4.69, 9.17) is 12.2 Å². The molecule has 19 heavy (non-hydrogen) atoms. The number of benzene rings is 1. The fraction of sp³-hybridized carbons (Fsp3) is 0.0909. The van der Waals surface area contributed by atoms with Crippen LogP contribution in [-0.4, -0.2) is 26.2 Å². The molecule has 0 aliphatic rings. The van der Waals surface area contributed by atoms with Crippen molar-refractivity contribution in [2.24, 2.45) is 5.10 Å². The molecule has 0 aliphatic carbocycles. The van der Waals surface area contributed by atoms with Gasteiger partial charge >= 0.3 is 0 Å². The smallest absolute Gasteiger partial charge is 0.296 e. The molecule has 0 bridgehead atoms. The van der Waals surface area contributed by atoms with Crippen molar-refractivity contribution in [1.29, 1.82) is 0 Å². The number of hydrogen-bond acceptors (Lipinski definition) is 5. The van der Waals surface area contributed by atoms with Crippen LogP contribution in [0.25, 0.3) is 0 Å². The minimum atomic E-state index is -0.377. The van der Waals surface area contributed by atoms with Gasteiger partial charge in [-0.3, -0.25) is 9.89 Å². The molecule has 1 heterocycles. The molecule has 0 amide bonds. The SMILES string of the molecule is Cc1n[nH]c(=S)n(/N=C\c2ccc(O)c(Br)c2)c1=O. The third kappa shape index (κ3) is 2.96. The average Bonchev–Trinajstić information content (AvgIpc) is 2.38. The lowest BCUT2D eigenvalue weighted by atomic mass is 10.2. The van der Waals surface area contributed by atoms with Crippen molar-refractivity contribution in [3.63, 3.8) is 0 Å². The number of phenols is 1. The maximum atomic E-state index is 11.8. The molecule has 0 spiro atoms. The largest absolute Gasteiger partial charge is 0.507 e. The number of H-pyrrole nitrogens is 1. The van der Waals surface area contributed by atoms with Gasteiger partial charge in [0.05, 0.1) is 10.7 Å². The van der Waals surface area contributed by atoms with Gasteiger partial charge in [-0.15, -0.1) is 0 Å². The molecule has 2 aromatic rings. The third-order valence-corrected chi connectivity index (χ3v) is 3.21. The summed E-state index contributed by atoms with van der Waals surface area (Å²) in [5.41, 5.74) is 0.607. The molecule has 0 saturated carbocycles. The predicted molar refractivity (Wildman–Crippen MR) is 77.2 cm³/mol. The van der Waals surface area contributed by atoms with Crippen LogP contribution < -0.4 is 5.56 Å². The normalized spacial score (nSPS) is 11.1. The lowest BCUT2D eigenvalue weighted by molar-refractivity contribution is 0.472.